The highest BCUT2D eigenvalue weighted by molar-refractivity contribution is 6.25. The zero-order valence-electron chi connectivity index (χ0n) is 24.8. The zero-order valence-corrected chi connectivity index (χ0v) is 24.8. The van der Waals surface area contributed by atoms with Crippen LogP contribution in [0.25, 0.3) is 0 Å². The molecule has 0 radical (unpaired) electrons. The maximum Gasteiger partial charge on any atom is 0.407 e. The Balaban J connectivity index is 0.953. The molecule has 2 aromatic rings. The van der Waals surface area contributed by atoms with Crippen LogP contribution in [-0.4, -0.2) is 84.8 Å². The first-order chi connectivity index (χ1) is 21.4. The van der Waals surface area contributed by atoms with Crippen molar-refractivity contribution in [2.75, 3.05) is 44.2 Å². The molecule has 0 aliphatic carbocycles. The van der Waals surface area contributed by atoms with Crippen molar-refractivity contribution >= 4 is 35.4 Å². The summed E-state index contributed by atoms with van der Waals surface area (Å²) in [5.41, 5.74) is 2.39. The number of hydrogen-bond acceptors (Lipinski definition) is 8. The molecule has 4 aliphatic rings. The summed E-state index contributed by atoms with van der Waals surface area (Å²) in [4.78, 5) is 68.6. The smallest absolute Gasteiger partial charge is 0.407 e. The van der Waals surface area contributed by atoms with Crippen molar-refractivity contribution in [3.05, 3.63) is 65.2 Å². The largest absolute Gasteiger partial charge is 0.445 e. The highest BCUT2D eigenvalue weighted by Crippen LogP contribution is 2.36. The Morgan fingerprint density at radius 3 is 2.30 bits per heavy atom. The van der Waals surface area contributed by atoms with Gasteiger partial charge >= 0.3 is 6.09 Å². The Hall–Kier alpha value is -4.25. The highest BCUT2D eigenvalue weighted by Gasteiger charge is 2.46. The Morgan fingerprint density at radius 2 is 1.57 bits per heavy atom. The van der Waals surface area contributed by atoms with Gasteiger partial charge in [-0.2, -0.15) is 0 Å². The Kier molecular flexibility index (Phi) is 8.92. The van der Waals surface area contributed by atoms with E-state index in [4.69, 9.17) is 4.74 Å². The number of anilines is 1. The molecule has 44 heavy (non-hydrogen) atoms. The third-order valence-electron chi connectivity index (χ3n) is 9.37. The van der Waals surface area contributed by atoms with E-state index in [1.165, 1.54) is 0 Å². The molecular weight excluding hydrogens is 562 g/mol. The average Bonchev–Trinajstić information content (AvgIpc) is 3.30. The summed E-state index contributed by atoms with van der Waals surface area (Å²) in [6.45, 7) is 5.50. The molecule has 2 N–H and O–H groups in total. The standard InChI is InChI=1S/C33H39N5O6/c39-28-10-9-27(30(40)35-28)38-31(41)25-7-4-8-26(29(25)32(38)42)37-17-13-23(14-18-37)20-36-15-11-22(12-16-36)19-34-33(43)44-21-24-5-2-1-3-6-24/h1-8,22-23,27H,9-21H2,(H,34,43)(H,35,39,40). The number of imide groups is 2. The van der Waals surface area contributed by atoms with E-state index in [2.05, 4.69) is 20.4 Å². The van der Waals surface area contributed by atoms with Crippen LogP contribution in [0.1, 0.15) is 64.8 Å². The minimum absolute atomic E-state index is 0.0998. The normalized spacial score (nSPS) is 21.8. The Bertz CT molecular complexity index is 1420. The van der Waals surface area contributed by atoms with Gasteiger partial charge in [0.25, 0.3) is 11.8 Å². The fourth-order valence-corrected chi connectivity index (χ4v) is 6.86. The first-order valence-electron chi connectivity index (χ1n) is 15.6. The van der Waals surface area contributed by atoms with Gasteiger partial charge in [0.15, 0.2) is 0 Å². The van der Waals surface area contributed by atoms with Crippen LogP contribution in [0, 0.1) is 11.8 Å². The molecule has 6 rings (SSSR count). The number of rotatable bonds is 8. The van der Waals surface area contributed by atoms with Gasteiger partial charge in [-0.1, -0.05) is 36.4 Å². The van der Waals surface area contributed by atoms with E-state index in [0.717, 1.165) is 74.6 Å². The first kappa shape index (κ1) is 29.8. The lowest BCUT2D eigenvalue weighted by Crippen LogP contribution is -2.54. The number of carbonyl (C=O) groups excluding carboxylic acids is 5. The second kappa shape index (κ2) is 13.2. The molecule has 3 fully saturated rings. The lowest BCUT2D eigenvalue weighted by molar-refractivity contribution is -0.136. The number of nitrogens with zero attached hydrogens (tertiary/aromatic N) is 3. The molecule has 1 atom stereocenters. The number of fused-ring (bicyclic) bond motifs is 1. The van der Waals surface area contributed by atoms with Crippen LogP contribution in [0.4, 0.5) is 10.5 Å². The summed E-state index contributed by atoms with van der Waals surface area (Å²) in [5.74, 6) is -0.928. The van der Waals surface area contributed by atoms with Crippen molar-refractivity contribution < 1.29 is 28.7 Å². The maximum absolute atomic E-state index is 13.5. The monoisotopic (exact) mass is 601 g/mol. The Labute approximate surface area is 256 Å². The molecule has 232 valence electrons. The molecule has 4 heterocycles. The van der Waals surface area contributed by atoms with Gasteiger partial charge in [-0.05, 0) is 74.7 Å². The van der Waals surface area contributed by atoms with Gasteiger partial charge < -0.3 is 19.9 Å². The maximum atomic E-state index is 13.5. The van der Waals surface area contributed by atoms with Crippen molar-refractivity contribution in [1.29, 1.82) is 0 Å². The van der Waals surface area contributed by atoms with Crippen molar-refractivity contribution in [3.63, 3.8) is 0 Å². The molecule has 5 amide bonds. The predicted octanol–water partition coefficient (Wildman–Crippen LogP) is 2.94. The van der Waals surface area contributed by atoms with Gasteiger partial charge in [-0.15, -0.1) is 0 Å². The van der Waals surface area contributed by atoms with Crippen molar-refractivity contribution in [2.24, 2.45) is 11.8 Å². The average molecular weight is 602 g/mol. The van der Waals surface area contributed by atoms with Crippen molar-refractivity contribution in [2.45, 2.75) is 51.2 Å². The first-order valence-corrected chi connectivity index (χ1v) is 15.6. The molecule has 0 saturated carbocycles. The predicted molar refractivity (Wildman–Crippen MR) is 162 cm³/mol. The molecule has 0 bridgehead atoms. The summed E-state index contributed by atoms with van der Waals surface area (Å²) >= 11 is 0. The highest BCUT2D eigenvalue weighted by atomic mass is 16.5. The number of nitrogens with one attached hydrogen (secondary N) is 2. The summed E-state index contributed by atoms with van der Waals surface area (Å²) in [6, 6.07) is 14.0. The van der Waals surface area contributed by atoms with Gasteiger partial charge in [-0.3, -0.25) is 29.4 Å². The number of alkyl carbamates (subject to hydrolysis) is 1. The van der Waals surface area contributed by atoms with Crippen molar-refractivity contribution in [3.8, 4) is 0 Å². The number of benzene rings is 2. The SMILES string of the molecule is O=C1CCC(N2C(=O)c3cccc(N4CCC(CN5CCC(CNC(=O)OCc6ccccc6)CC5)CC4)c3C2=O)C(=O)N1. The summed E-state index contributed by atoms with van der Waals surface area (Å²) in [7, 11) is 0. The van der Waals surface area contributed by atoms with Crippen molar-refractivity contribution in [1.82, 2.24) is 20.4 Å². The lowest BCUT2D eigenvalue weighted by atomic mass is 9.92. The number of piperidine rings is 3. The van der Waals surface area contributed by atoms with E-state index in [9.17, 15) is 24.0 Å². The summed E-state index contributed by atoms with van der Waals surface area (Å²) < 4.78 is 5.33. The van der Waals surface area contributed by atoms with Crippen LogP contribution in [0.2, 0.25) is 0 Å². The zero-order chi connectivity index (χ0) is 30.6. The third-order valence-corrected chi connectivity index (χ3v) is 9.37. The molecule has 2 aromatic carbocycles. The van der Waals surface area contributed by atoms with Crippen LogP contribution in [0.5, 0.6) is 0 Å². The summed E-state index contributed by atoms with van der Waals surface area (Å²) in [6.07, 6.45) is 3.91. The van der Waals surface area contributed by atoms with Crippen LogP contribution in [0.3, 0.4) is 0 Å². The van der Waals surface area contributed by atoms with E-state index in [1.807, 2.05) is 36.4 Å². The molecule has 4 aliphatic heterocycles. The van der Waals surface area contributed by atoms with Gasteiger partial charge in [0.2, 0.25) is 11.8 Å². The number of likely N-dealkylation sites (tertiary alicyclic amines) is 1. The van der Waals surface area contributed by atoms with Crippen LogP contribution >= 0.6 is 0 Å². The minimum Gasteiger partial charge on any atom is -0.445 e. The molecule has 0 aromatic heterocycles. The number of hydrogen-bond donors (Lipinski definition) is 2. The molecule has 1 unspecified atom stereocenters. The van der Waals surface area contributed by atoms with E-state index < -0.39 is 23.8 Å². The van der Waals surface area contributed by atoms with E-state index in [1.54, 1.807) is 12.1 Å². The van der Waals surface area contributed by atoms with Gasteiger partial charge in [0.1, 0.15) is 12.6 Å². The quantitative estimate of drug-likeness (QED) is 0.442. The van der Waals surface area contributed by atoms with E-state index >= 15 is 0 Å². The number of ether oxygens (including phenoxy) is 1. The van der Waals surface area contributed by atoms with E-state index in [-0.39, 0.29) is 31.4 Å². The third kappa shape index (κ3) is 6.47. The number of carbonyl (C=O) groups is 5. The minimum atomic E-state index is -0.966. The van der Waals surface area contributed by atoms with Crippen LogP contribution in [-0.2, 0) is 20.9 Å². The van der Waals surface area contributed by atoms with Gasteiger partial charge in [0, 0.05) is 32.6 Å². The lowest BCUT2D eigenvalue weighted by Gasteiger charge is -2.38. The van der Waals surface area contributed by atoms with Gasteiger partial charge in [0.05, 0.1) is 16.8 Å². The fraction of sp³-hybridized carbons (Fsp3) is 0.485. The fourth-order valence-electron chi connectivity index (χ4n) is 6.86. The van der Waals surface area contributed by atoms with Gasteiger partial charge in [-0.25, -0.2) is 4.79 Å². The molecule has 0 spiro atoms. The molecule has 11 nitrogen and oxygen atoms in total. The Morgan fingerprint density at radius 1 is 0.841 bits per heavy atom. The molecule has 3 saturated heterocycles. The van der Waals surface area contributed by atoms with Crippen LogP contribution < -0.4 is 15.5 Å². The second-order valence-corrected chi connectivity index (χ2v) is 12.3. The second-order valence-electron chi connectivity index (χ2n) is 12.3. The molecule has 11 heteroatoms. The van der Waals surface area contributed by atoms with E-state index in [0.29, 0.717) is 29.5 Å². The molecular formula is C33H39N5O6. The summed E-state index contributed by atoms with van der Waals surface area (Å²) in [5, 5.41) is 5.17. The van der Waals surface area contributed by atoms with Crippen LogP contribution in [0.15, 0.2) is 48.5 Å². The topological polar surface area (TPSA) is 128 Å². The number of amides is 5.